The van der Waals surface area contributed by atoms with Crippen LogP contribution in [0.1, 0.15) is 11.1 Å². The summed E-state index contributed by atoms with van der Waals surface area (Å²) in [4.78, 5) is 0.229. The SMILES string of the molecule is C=CCN(c1ccccc1C(=C)OC)S(=O)(=O)c1ccc(C)cc1. The van der Waals surface area contributed by atoms with E-state index in [0.29, 0.717) is 17.0 Å². The van der Waals surface area contributed by atoms with Gasteiger partial charge in [0, 0.05) is 5.56 Å². The van der Waals surface area contributed by atoms with Gasteiger partial charge in [0.2, 0.25) is 0 Å². The maximum atomic E-state index is 13.1. The van der Waals surface area contributed by atoms with Gasteiger partial charge in [-0.2, -0.15) is 0 Å². The lowest BCUT2D eigenvalue weighted by atomic mass is 10.1. The average Bonchev–Trinajstić information content (AvgIpc) is 2.59. The van der Waals surface area contributed by atoms with Crippen molar-refractivity contribution in [2.45, 2.75) is 11.8 Å². The molecular formula is C19H21NO3S. The summed E-state index contributed by atoms with van der Waals surface area (Å²) >= 11 is 0. The van der Waals surface area contributed by atoms with Crippen LogP contribution >= 0.6 is 0 Å². The van der Waals surface area contributed by atoms with Gasteiger partial charge in [0.15, 0.2) is 0 Å². The largest absolute Gasteiger partial charge is 0.497 e. The third-order valence-electron chi connectivity index (χ3n) is 3.62. The predicted octanol–water partition coefficient (Wildman–Crippen LogP) is 3.99. The predicted molar refractivity (Wildman–Crippen MR) is 98.4 cm³/mol. The van der Waals surface area contributed by atoms with E-state index in [1.54, 1.807) is 48.5 Å². The van der Waals surface area contributed by atoms with Crippen molar-refractivity contribution in [1.82, 2.24) is 0 Å². The highest BCUT2D eigenvalue weighted by Gasteiger charge is 2.26. The third kappa shape index (κ3) is 3.51. The molecule has 0 atom stereocenters. The zero-order valence-corrected chi connectivity index (χ0v) is 14.7. The fraction of sp³-hybridized carbons (Fsp3) is 0.158. The van der Waals surface area contributed by atoms with Gasteiger partial charge >= 0.3 is 0 Å². The van der Waals surface area contributed by atoms with Crippen molar-refractivity contribution in [3.05, 3.63) is 78.9 Å². The standard InChI is InChI=1S/C19H21NO3S/c1-5-14-20(19-9-7-6-8-18(19)16(3)23-4)24(21,22)17-12-10-15(2)11-13-17/h5-13H,1,3,14H2,2,4H3. The first-order chi connectivity index (χ1) is 11.4. The second-order valence-electron chi connectivity index (χ2n) is 5.28. The molecule has 0 saturated heterocycles. The van der Waals surface area contributed by atoms with Gasteiger partial charge in [-0.3, -0.25) is 4.31 Å². The summed E-state index contributed by atoms with van der Waals surface area (Å²) < 4.78 is 32.7. The number of benzene rings is 2. The number of para-hydroxylation sites is 1. The Morgan fingerprint density at radius 2 is 1.79 bits per heavy atom. The van der Waals surface area contributed by atoms with Crippen molar-refractivity contribution in [2.24, 2.45) is 0 Å². The number of hydrogen-bond acceptors (Lipinski definition) is 3. The maximum Gasteiger partial charge on any atom is 0.264 e. The first-order valence-corrected chi connectivity index (χ1v) is 8.88. The number of sulfonamides is 1. The zero-order valence-electron chi connectivity index (χ0n) is 13.9. The monoisotopic (exact) mass is 343 g/mol. The molecule has 0 aliphatic heterocycles. The summed E-state index contributed by atoms with van der Waals surface area (Å²) in [6.07, 6.45) is 1.55. The molecule has 0 N–H and O–H groups in total. The number of ether oxygens (including phenoxy) is 1. The highest BCUT2D eigenvalue weighted by atomic mass is 32.2. The first kappa shape index (κ1) is 17.8. The lowest BCUT2D eigenvalue weighted by molar-refractivity contribution is 0.371. The van der Waals surface area contributed by atoms with E-state index >= 15 is 0 Å². The molecule has 0 unspecified atom stereocenters. The third-order valence-corrected chi connectivity index (χ3v) is 5.42. The van der Waals surface area contributed by atoms with Crippen LogP contribution in [0, 0.1) is 6.92 Å². The van der Waals surface area contributed by atoms with E-state index in [4.69, 9.17) is 4.74 Å². The summed E-state index contributed by atoms with van der Waals surface area (Å²) in [6, 6.07) is 13.9. The summed E-state index contributed by atoms with van der Waals surface area (Å²) in [5, 5.41) is 0. The molecule has 2 aromatic rings. The van der Waals surface area contributed by atoms with E-state index < -0.39 is 10.0 Å². The van der Waals surface area contributed by atoms with Crippen LogP contribution in [0.15, 0.2) is 72.7 Å². The molecule has 0 radical (unpaired) electrons. The van der Waals surface area contributed by atoms with E-state index in [-0.39, 0.29) is 11.4 Å². The minimum atomic E-state index is -3.73. The lowest BCUT2D eigenvalue weighted by Crippen LogP contribution is -2.32. The van der Waals surface area contributed by atoms with Crippen molar-refractivity contribution >= 4 is 21.5 Å². The average molecular weight is 343 g/mol. The van der Waals surface area contributed by atoms with Crippen LogP contribution < -0.4 is 4.31 Å². The van der Waals surface area contributed by atoms with E-state index in [2.05, 4.69) is 13.2 Å². The Morgan fingerprint density at radius 1 is 1.17 bits per heavy atom. The smallest absolute Gasteiger partial charge is 0.264 e. The molecular weight excluding hydrogens is 322 g/mol. The molecule has 0 bridgehead atoms. The van der Waals surface area contributed by atoms with Crippen molar-refractivity contribution < 1.29 is 13.2 Å². The number of rotatable bonds is 7. The molecule has 2 rings (SSSR count). The fourth-order valence-corrected chi connectivity index (χ4v) is 3.77. The molecule has 0 heterocycles. The first-order valence-electron chi connectivity index (χ1n) is 7.44. The van der Waals surface area contributed by atoms with Gasteiger partial charge < -0.3 is 4.74 Å². The van der Waals surface area contributed by atoms with Gasteiger partial charge in [-0.15, -0.1) is 6.58 Å². The highest BCUT2D eigenvalue weighted by Crippen LogP contribution is 2.31. The Morgan fingerprint density at radius 3 is 2.38 bits per heavy atom. The van der Waals surface area contributed by atoms with Gasteiger partial charge in [0.25, 0.3) is 10.0 Å². The minimum Gasteiger partial charge on any atom is -0.497 e. The van der Waals surface area contributed by atoms with Crippen LogP contribution in [-0.4, -0.2) is 22.1 Å². The number of hydrogen-bond donors (Lipinski definition) is 0. The molecule has 0 aliphatic carbocycles. The summed E-state index contributed by atoms with van der Waals surface area (Å²) in [5.41, 5.74) is 2.12. The molecule has 2 aromatic carbocycles. The van der Waals surface area contributed by atoms with Gasteiger partial charge in [-0.25, -0.2) is 8.42 Å². The van der Waals surface area contributed by atoms with Crippen molar-refractivity contribution in [3.63, 3.8) is 0 Å². The number of methoxy groups -OCH3 is 1. The Kier molecular flexibility index (Phi) is 5.46. The quantitative estimate of drug-likeness (QED) is 0.564. The minimum absolute atomic E-state index is 0.143. The van der Waals surface area contributed by atoms with Crippen LogP contribution in [0.2, 0.25) is 0 Å². The van der Waals surface area contributed by atoms with E-state index in [9.17, 15) is 8.42 Å². The van der Waals surface area contributed by atoms with Crippen LogP contribution in [0.3, 0.4) is 0 Å². The van der Waals surface area contributed by atoms with Crippen molar-refractivity contribution in [3.8, 4) is 0 Å². The van der Waals surface area contributed by atoms with Crippen LogP contribution in [0.5, 0.6) is 0 Å². The molecule has 4 nitrogen and oxygen atoms in total. The highest BCUT2D eigenvalue weighted by molar-refractivity contribution is 7.92. The topological polar surface area (TPSA) is 46.6 Å². The van der Waals surface area contributed by atoms with Gasteiger partial charge in [-0.1, -0.05) is 42.5 Å². The molecule has 0 aliphatic rings. The second kappa shape index (κ2) is 7.36. The molecule has 0 saturated carbocycles. The molecule has 0 amide bonds. The van der Waals surface area contributed by atoms with Crippen LogP contribution in [-0.2, 0) is 14.8 Å². The molecule has 5 heteroatoms. The van der Waals surface area contributed by atoms with Gasteiger partial charge in [-0.05, 0) is 31.2 Å². The molecule has 24 heavy (non-hydrogen) atoms. The molecule has 0 aromatic heterocycles. The van der Waals surface area contributed by atoms with E-state index in [1.807, 2.05) is 13.0 Å². The van der Waals surface area contributed by atoms with Crippen molar-refractivity contribution in [1.29, 1.82) is 0 Å². The summed E-state index contributed by atoms with van der Waals surface area (Å²) in [5.74, 6) is 0.402. The molecule has 126 valence electrons. The van der Waals surface area contributed by atoms with E-state index in [0.717, 1.165) is 5.56 Å². The maximum absolute atomic E-state index is 13.1. The van der Waals surface area contributed by atoms with Gasteiger partial charge in [0.1, 0.15) is 5.76 Å². The number of nitrogens with zero attached hydrogens (tertiary/aromatic N) is 1. The molecule has 0 spiro atoms. The number of anilines is 1. The normalized spacial score (nSPS) is 10.9. The van der Waals surface area contributed by atoms with Crippen LogP contribution in [0.4, 0.5) is 5.69 Å². The fourth-order valence-electron chi connectivity index (χ4n) is 2.32. The van der Waals surface area contributed by atoms with E-state index in [1.165, 1.54) is 11.4 Å². The Hall–Kier alpha value is -2.53. The Bertz CT molecular complexity index is 839. The molecule has 0 fully saturated rings. The van der Waals surface area contributed by atoms with Crippen LogP contribution in [0.25, 0.3) is 5.76 Å². The Labute approximate surface area is 143 Å². The van der Waals surface area contributed by atoms with Crippen molar-refractivity contribution in [2.75, 3.05) is 18.0 Å². The summed E-state index contributed by atoms with van der Waals surface area (Å²) in [6.45, 7) is 9.58. The Balaban J connectivity index is 2.60. The zero-order chi connectivity index (χ0) is 17.7. The second-order valence-corrected chi connectivity index (χ2v) is 7.14. The lowest BCUT2D eigenvalue weighted by Gasteiger charge is -2.25. The number of aryl methyl sites for hydroxylation is 1. The summed E-state index contributed by atoms with van der Waals surface area (Å²) in [7, 11) is -2.23. The van der Waals surface area contributed by atoms with Gasteiger partial charge in [0.05, 0.1) is 24.2 Å².